The first-order valence-corrected chi connectivity index (χ1v) is 11.2. The van der Waals surface area contributed by atoms with Crippen molar-refractivity contribution in [3.05, 3.63) is 64.7 Å². The van der Waals surface area contributed by atoms with E-state index in [4.69, 9.17) is 0 Å². The molecule has 1 aliphatic carbocycles. The SMILES string of the molecule is CCCCCCc1ccc([C@H]2CC[C@H](CCc3cc(F)c(F)nc3F)CC2)cc1. The fourth-order valence-electron chi connectivity index (χ4n) is 4.52. The number of hydrogen-bond donors (Lipinski definition) is 0. The Labute approximate surface area is 172 Å². The van der Waals surface area contributed by atoms with Crippen LogP contribution in [0, 0.1) is 23.6 Å². The lowest BCUT2D eigenvalue weighted by atomic mass is 9.77. The van der Waals surface area contributed by atoms with E-state index in [9.17, 15) is 13.2 Å². The van der Waals surface area contributed by atoms with Crippen LogP contribution in [0.5, 0.6) is 0 Å². The van der Waals surface area contributed by atoms with Crippen LogP contribution in [0.15, 0.2) is 30.3 Å². The number of rotatable bonds is 9. The summed E-state index contributed by atoms with van der Waals surface area (Å²) in [4.78, 5) is 3.01. The molecular weight excluding hydrogens is 371 g/mol. The van der Waals surface area contributed by atoms with Crippen LogP contribution in [-0.2, 0) is 12.8 Å². The van der Waals surface area contributed by atoms with Gasteiger partial charge in [-0.05, 0) is 80.4 Å². The Morgan fingerprint density at radius 3 is 2.28 bits per heavy atom. The molecule has 1 heterocycles. The fraction of sp³-hybridized carbons (Fsp3) is 0.560. The Bertz CT molecular complexity index is 764. The average molecular weight is 404 g/mol. The second-order valence-electron chi connectivity index (χ2n) is 8.52. The zero-order valence-corrected chi connectivity index (χ0v) is 17.4. The topological polar surface area (TPSA) is 12.9 Å². The van der Waals surface area contributed by atoms with Crippen molar-refractivity contribution in [1.82, 2.24) is 4.98 Å². The van der Waals surface area contributed by atoms with Crippen LogP contribution in [0.1, 0.15) is 87.3 Å². The van der Waals surface area contributed by atoms with E-state index in [0.29, 0.717) is 18.3 Å². The van der Waals surface area contributed by atoms with E-state index in [0.717, 1.165) is 38.2 Å². The van der Waals surface area contributed by atoms with Gasteiger partial charge in [-0.15, -0.1) is 0 Å². The summed E-state index contributed by atoms with van der Waals surface area (Å²) < 4.78 is 39.9. The molecule has 0 atom stereocenters. The van der Waals surface area contributed by atoms with E-state index in [1.54, 1.807) is 0 Å². The predicted octanol–water partition coefficient (Wildman–Crippen LogP) is 7.53. The number of pyridine rings is 1. The number of unbranched alkanes of at least 4 members (excludes halogenated alkanes) is 3. The third-order valence-corrected chi connectivity index (χ3v) is 6.40. The minimum Gasteiger partial charge on any atom is -0.202 e. The molecule has 3 rings (SSSR count). The summed E-state index contributed by atoms with van der Waals surface area (Å²) in [7, 11) is 0. The maximum absolute atomic E-state index is 13.7. The maximum atomic E-state index is 13.7. The molecule has 0 N–H and O–H groups in total. The van der Waals surface area contributed by atoms with Gasteiger partial charge in [0.2, 0.25) is 5.95 Å². The molecule has 0 bridgehead atoms. The molecule has 1 fully saturated rings. The van der Waals surface area contributed by atoms with Gasteiger partial charge in [0.15, 0.2) is 5.82 Å². The highest BCUT2D eigenvalue weighted by atomic mass is 19.2. The summed E-state index contributed by atoms with van der Waals surface area (Å²) in [5.74, 6) is -2.20. The molecule has 1 nitrogen and oxygen atoms in total. The van der Waals surface area contributed by atoms with Gasteiger partial charge in [-0.2, -0.15) is 13.8 Å². The van der Waals surface area contributed by atoms with E-state index < -0.39 is 17.7 Å². The van der Waals surface area contributed by atoms with Crippen molar-refractivity contribution in [3.8, 4) is 0 Å². The summed E-state index contributed by atoms with van der Waals surface area (Å²) in [5.41, 5.74) is 3.04. The Kier molecular flexibility index (Phi) is 8.14. The standard InChI is InChI=1S/C25H32F3N/c1-2-3-4-5-6-18-7-12-20(13-8-18)21-14-9-19(10-15-21)11-16-22-17-23(26)25(28)29-24(22)27/h7-8,12-13,17,19,21H,2-6,9-11,14-16H2,1H3/t19-,21-. The van der Waals surface area contributed by atoms with Crippen molar-refractivity contribution in [2.45, 2.75) is 83.5 Å². The Morgan fingerprint density at radius 1 is 0.862 bits per heavy atom. The Morgan fingerprint density at radius 2 is 1.59 bits per heavy atom. The van der Waals surface area contributed by atoms with Crippen molar-refractivity contribution >= 4 is 0 Å². The highest BCUT2D eigenvalue weighted by Gasteiger charge is 2.23. The Balaban J connectivity index is 1.44. The highest BCUT2D eigenvalue weighted by molar-refractivity contribution is 5.26. The van der Waals surface area contributed by atoms with Gasteiger partial charge in [0, 0.05) is 5.56 Å². The van der Waals surface area contributed by atoms with Crippen LogP contribution >= 0.6 is 0 Å². The van der Waals surface area contributed by atoms with Gasteiger partial charge < -0.3 is 0 Å². The molecule has 29 heavy (non-hydrogen) atoms. The van der Waals surface area contributed by atoms with Crippen LogP contribution < -0.4 is 0 Å². The van der Waals surface area contributed by atoms with E-state index >= 15 is 0 Å². The molecule has 0 aliphatic heterocycles. The molecule has 1 aromatic carbocycles. The first-order valence-electron chi connectivity index (χ1n) is 11.2. The van der Waals surface area contributed by atoms with Crippen molar-refractivity contribution < 1.29 is 13.2 Å². The molecule has 2 aromatic rings. The summed E-state index contributed by atoms with van der Waals surface area (Å²) in [6, 6.07) is 10.1. The quantitative estimate of drug-likeness (QED) is 0.311. The zero-order valence-electron chi connectivity index (χ0n) is 17.4. The smallest absolute Gasteiger partial charge is 0.202 e. The van der Waals surface area contributed by atoms with Crippen molar-refractivity contribution in [2.24, 2.45) is 5.92 Å². The third-order valence-electron chi connectivity index (χ3n) is 6.40. The summed E-state index contributed by atoms with van der Waals surface area (Å²) in [6.07, 6.45) is 12.0. The largest absolute Gasteiger partial charge is 0.251 e. The zero-order chi connectivity index (χ0) is 20.6. The van der Waals surface area contributed by atoms with E-state index in [1.165, 1.54) is 43.2 Å². The van der Waals surface area contributed by atoms with Gasteiger partial charge in [-0.25, -0.2) is 4.39 Å². The van der Waals surface area contributed by atoms with E-state index in [2.05, 4.69) is 36.2 Å². The lowest BCUT2D eigenvalue weighted by Crippen LogP contribution is -2.14. The molecule has 1 aliphatic rings. The summed E-state index contributed by atoms with van der Waals surface area (Å²) in [5, 5.41) is 0. The molecule has 1 aromatic heterocycles. The molecular formula is C25H32F3N. The Hall–Kier alpha value is -1.84. The predicted molar refractivity (Wildman–Crippen MR) is 111 cm³/mol. The number of hydrogen-bond acceptors (Lipinski definition) is 1. The first kappa shape index (κ1) is 21.9. The van der Waals surface area contributed by atoms with Crippen molar-refractivity contribution in [3.63, 3.8) is 0 Å². The summed E-state index contributed by atoms with van der Waals surface area (Å²) in [6.45, 7) is 2.24. The van der Waals surface area contributed by atoms with Gasteiger partial charge in [-0.3, -0.25) is 0 Å². The molecule has 1 saturated carbocycles. The van der Waals surface area contributed by atoms with Crippen LogP contribution in [0.4, 0.5) is 13.2 Å². The number of aromatic nitrogens is 1. The fourth-order valence-corrected chi connectivity index (χ4v) is 4.52. The monoisotopic (exact) mass is 403 g/mol. The highest BCUT2D eigenvalue weighted by Crippen LogP contribution is 2.37. The molecule has 0 radical (unpaired) electrons. The number of halogens is 3. The van der Waals surface area contributed by atoms with Crippen molar-refractivity contribution in [1.29, 1.82) is 0 Å². The lowest BCUT2D eigenvalue weighted by Gasteiger charge is -2.29. The van der Waals surface area contributed by atoms with Gasteiger partial charge in [-0.1, -0.05) is 50.5 Å². The molecule has 0 amide bonds. The number of benzene rings is 1. The van der Waals surface area contributed by atoms with E-state index in [1.807, 2.05) is 0 Å². The van der Waals surface area contributed by atoms with Crippen LogP contribution in [-0.4, -0.2) is 4.98 Å². The molecule has 0 spiro atoms. The average Bonchev–Trinajstić information content (AvgIpc) is 2.74. The molecule has 4 heteroatoms. The number of nitrogens with zero attached hydrogens (tertiary/aromatic N) is 1. The minimum absolute atomic E-state index is 0.181. The van der Waals surface area contributed by atoms with Gasteiger partial charge >= 0.3 is 0 Å². The van der Waals surface area contributed by atoms with Gasteiger partial charge in [0.25, 0.3) is 5.95 Å². The van der Waals surface area contributed by atoms with Gasteiger partial charge in [0.05, 0.1) is 0 Å². The second kappa shape index (κ2) is 10.8. The third kappa shape index (κ3) is 6.32. The molecule has 0 unspecified atom stereocenters. The second-order valence-corrected chi connectivity index (χ2v) is 8.52. The molecule has 0 saturated heterocycles. The molecule has 158 valence electrons. The van der Waals surface area contributed by atoms with Gasteiger partial charge in [0.1, 0.15) is 0 Å². The summed E-state index contributed by atoms with van der Waals surface area (Å²) >= 11 is 0. The normalized spacial score (nSPS) is 19.4. The lowest BCUT2D eigenvalue weighted by molar-refractivity contribution is 0.308. The van der Waals surface area contributed by atoms with Crippen molar-refractivity contribution in [2.75, 3.05) is 0 Å². The van der Waals surface area contributed by atoms with E-state index in [-0.39, 0.29) is 5.56 Å². The van der Waals surface area contributed by atoms with Crippen LogP contribution in [0.2, 0.25) is 0 Å². The maximum Gasteiger partial charge on any atom is 0.251 e. The van der Waals surface area contributed by atoms with Crippen LogP contribution in [0.25, 0.3) is 0 Å². The minimum atomic E-state index is -1.36. The van der Waals surface area contributed by atoms with Crippen LogP contribution in [0.3, 0.4) is 0 Å². The first-order chi connectivity index (χ1) is 14.1. The number of aryl methyl sites for hydroxylation is 2.